The molecule has 1 spiro atoms. The molecule has 1 amide bonds. The predicted octanol–water partition coefficient (Wildman–Crippen LogP) is 1.51. The Morgan fingerprint density at radius 3 is 2.79 bits per heavy atom. The number of amides is 1. The van der Waals surface area contributed by atoms with Gasteiger partial charge >= 0.3 is 0 Å². The zero-order valence-electron chi connectivity index (χ0n) is 13.3. The van der Waals surface area contributed by atoms with Gasteiger partial charge in [0.15, 0.2) is 0 Å². The molecule has 4 heterocycles. The summed E-state index contributed by atoms with van der Waals surface area (Å²) in [6.45, 7) is 3.89. The summed E-state index contributed by atoms with van der Waals surface area (Å²) < 4.78 is 22.0. The minimum atomic E-state index is -0.536. The fourth-order valence-electron chi connectivity index (χ4n) is 3.30. The van der Waals surface area contributed by atoms with Crippen molar-refractivity contribution in [1.29, 1.82) is 0 Å². The zero-order chi connectivity index (χ0) is 16.4. The summed E-state index contributed by atoms with van der Waals surface area (Å²) >= 11 is 0. The fraction of sp³-hybridized carbons (Fsp3) is 0.471. The molecule has 2 aliphatic heterocycles. The Morgan fingerprint density at radius 2 is 2.00 bits per heavy atom. The number of hydrogen-bond donors (Lipinski definition) is 0. The minimum absolute atomic E-state index is 0.0497. The lowest BCUT2D eigenvalue weighted by Gasteiger charge is -2.42. The molecule has 0 saturated carbocycles. The number of anilines is 1. The molecule has 2 aromatic rings. The molecule has 1 atom stereocenters. The SMILES string of the molecule is O=C1CO[C@@]2(COCCN(Cc3ccoc3)C2)CN1c1ccoc1. The van der Waals surface area contributed by atoms with Gasteiger partial charge in [-0.15, -0.1) is 0 Å². The second-order valence-corrected chi connectivity index (χ2v) is 6.33. The highest BCUT2D eigenvalue weighted by atomic mass is 16.6. The minimum Gasteiger partial charge on any atom is -0.472 e. The normalized spacial score (nSPS) is 26.0. The first kappa shape index (κ1) is 15.4. The van der Waals surface area contributed by atoms with E-state index in [1.54, 1.807) is 36.0 Å². The molecule has 0 radical (unpaired) electrons. The summed E-state index contributed by atoms with van der Waals surface area (Å²) in [5, 5.41) is 0. The smallest absolute Gasteiger partial charge is 0.253 e. The van der Waals surface area contributed by atoms with Crippen molar-refractivity contribution < 1.29 is 23.1 Å². The maximum Gasteiger partial charge on any atom is 0.253 e. The molecule has 2 fully saturated rings. The van der Waals surface area contributed by atoms with Gasteiger partial charge in [-0.1, -0.05) is 0 Å². The number of ether oxygens (including phenoxy) is 2. The number of carbonyl (C=O) groups is 1. The van der Waals surface area contributed by atoms with Gasteiger partial charge in [-0.3, -0.25) is 9.69 Å². The maximum atomic E-state index is 12.2. The van der Waals surface area contributed by atoms with Crippen LogP contribution >= 0.6 is 0 Å². The third-order valence-electron chi connectivity index (χ3n) is 4.48. The van der Waals surface area contributed by atoms with Crippen molar-refractivity contribution in [3.05, 3.63) is 42.7 Å². The molecule has 0 N–H and O–H groups in total. The van der Waals surface area contributed by atoms with Crippen LogP contribution in [0.2, 0.25) is 0 Å². The summed E-state index contributed by atoms with van der Waals surface area (Å²) in [5.74, 6) is -0.0624. The van der Waals surface area contributed by atoms with E-state index in [9.17, 15) is 4.79 Å². The van der Waals surface area contributed by atoms with E-state index in [1.807, 2.05) is 6.07 Å². The molecule has 7 heteroatoms. The second kappa shape index (κ2) is 6.43. The highest BCUT2D eigenvalue weighted by molar-refractivity contribution is 5.95. The van der Waals surface area contributed by atoms with Crippen molar-refractivity contribution in [3.8, 4) is 0 Å². The van der Waals surface area contributed by atoms with Gasteiger partial charge in [0.05, 0.1) is 44.2 Å². The van der Waals surface area contributed by atoms with Crippen molar-refractivity contribution in [3.63, 3.8) is 0 Å². The van der Waals surface area contributed by atoms with Crippen LogP contribution in [0, 0.1) is 0 Å². The molecule has 2 aromatic heterocycles. The van der Waals surface area contributed by atoms with Crippen LogP contribution in [0.1, 0.15) is 5.56 Å². The van der Waals surface area contributed by atoms with E-state index in [0.29, 0.717) is 26.3 Å². The first-order chi connectivity index (χ1) is 11.7. The first-order valence-corrected chi connectivity index (χ1v) is 8.02. The molecule has 4 rings (SSSR count). The number of furan rings is 2. The zero-order valence-corrected chi connectivity index (χ0v) is 13.3. The van der Waals surface area contributed by atoms with E-state index in [2.05, 4.69) is 4.90 Å². The summed E-state index contributed by atoms with van der Waals surface area (Å²) in [6.07, 6.45) is 6.58. The Bertz CT molecular complexity index is 669. The van der Waals surface area contributed by atoms with E-state index in [-0.39, 0.29) is 12.5 Å². The Labute approximate surface area is 139 Å². The highest BCUT2D eigenvalue weighted by Gasteiger charge is 2.43. The molecule has 128 valence electrons. The monoisotopic (exact) mass is 332 g/mol. The molecular weight excluding hydrogens is 312 g/mol. The summed E-state index contributed by atoms with van der Waals surface area (Å²) in [4.78, 5) is 16.2. The quantitative estimate of drug-likeness (QED) is 0.849. The van der Waals surface area contributed by atoms with Gasteiger partial charge in [0.25, 0.3) is 5.91 Å². The summed E-state index contributed by atoms with van der Waals surface area (Å²) in [7, 11) is 0. The topological polar surface area (TPSA) is 68.3 Å². The van der Waals surface area contributed by atoms with Crippen LogP contribution in [-0.2, 0) is 20.8 Å². The van der Waals surface area contributed by atoms with Gasteiger partial charge in [0.1, 0.15) is 18.5 Å². The van der Waals surface area contributed by atoms with Crippen LogP contribution in [0.15, 0.2) is 46.0 Å². The molecule has 7 nitrogen and oxygen atoms in total. The molecule has 0 aliphatic carbocycles. The van der Waals surface area contributed by atoms with Gasteiger partial charge in [-0.2, -0.15) is 0 Å². The lowest BCUT2D eigenvalue weighted by molar-refractivity contribution is -0.146. The van der Waals surface area contributed by atoms with Crippen molar-refractivity contribution in [1.82, 2.24) is 4.90 Å². The van der Waals surface area contributed by atoms with E-state index >= 15 is 0 Å². The third kappa shape index (κ3) is 3.10. The van der Waals surface area contributed by atoms with Crippen molar-refractivity contribution in [2.45, 2.75) is 12.1 Å². The molecule has 2 saturated heterocycles. The van der Waals surface area contributed by atoms with Crippen LogP contribution in [0.3, 0.4) is 0 Å². The summed E-state index contributed by atoms with van der Waals surface area (Å²) in [6, 6.07) is 3.75. The first-order valence-electron chi connectivity index (χ1n) is 8.02. The molecule has 24 heavy (non-hydrogen) atoms. The third-order valence-corrected chi connectivity index (χ3v) is 4.48. The highest BCUT2D eigenvalue weighted by Crippen LogP contribution is 2.28. The van der Waals surface area contributed by atoms with Crippen molar-refractivity contribution in [2.24, 2.45) is 0 Å². The molecule has 0 aromatic carbocycles. The van der Waals surface area contributed by atoms with E-state index in [4.69, 9.17) is 18.3 Å². The largest absolute Gasteiger partial charge is 0.472 e. The number of hydrogen-bond acceptors (Lipinski definition) is 6. The maximum absolute atomic E-state index is 12.2. The Hall–Kier alpha value is -2.09. The van der Waals surface area contributed by atoms with Crippen LogP contribution in [0.4, 0.5) is 5.69 Å². The van der Waals surface area contributed by atoms with E-state index < -0.39 is 5.60 Å². The lowest BCUT2D eigenvalue weighted by atomic mass is 10.0. The molecule has 2 aliphatic rings. The number of rotatable bonds is 3. The van der Waals surface area contributed by atoms with Gasteiger partial charge < -0.3 is 23.2 Å². The van der Waals surface area contributed by atoms with Crippen molar-refractivity contribution >= 4 is 11.6 Å². The standard InChI is InChI=1S/C17H20N2O5/c20-16-10-24-17(12-19(16)15-2-5-22-9-15)11-18(3-6-23-13-17)7-14-1-4-21-8-14/h1-2,4-5,8-9H,3,6-7,10-13H2/t17-/m1/s1. The van der Waals surface area contributed by atoms with Crippen LogP contribution in [0.5, 0.6) is 0 Å². The number of carbonyl (C=O) groups excluding carboxylic acids is 1. The van der Waals surface area contributed by atoms with Crippen molar-refractivity contribution in [2.75, 3.05) is 44.4 Å². The average molecular weight is 332 g/mol. The average Bonchev–Trinajstić information content (AvgIpc) is 3.24. The number of morpholine rings is 1. The van der Waals surface area contributed by atoms with Crippen LogP contribution in [0.25, 0.3) is 0 Å². The predicted molar refractivity (Wildman–Crippen MR) is 84.5 cm³/mol. The fourth-order valence-corrected chi connectivity index (χ4v) is 3.30. The van der Waals surface area contributed by atoms with Gasteiger partial charge in [-0.25, -0.2) is 0 Å². The van der Waals surface area contributed by atoms with Gasteiger partial charge in [0, 0.05) is 31.3 Å². The van der Waals surface area contributed by atoms with Crippen LogP contribution < -0.4 is 4.90 Å². The van der Waals surface area contributed by atoms with E-state index in [0.717, 1.165) is 24.3 Å². The lowest BCUT2D eigenvalue weighted by Crippen LogP contribution is -2.60. The Balaban J connectivity index is 1.52. The molecular formula is C17H20N2O5. The van der Waals surface area contributed by atoms with E-state index in [1.165, 1.54) is 0 Å². The molecule has 0 unspecified atom stereocenters. The Kier molecular flexibility index (Phi) is 4.13. The van der Waals surface area contributed by atoms with Crippen LogP contribution in [-0.4, -0.2) is 55.9 Å². The molecule has 0 bridgehead atoms. The van der Waals surface area contributed by atoms with Gasteiger partial charge in [0.2, 0.25) is 0 Å². The second-order valence-electron chi connectivity index (χ2n) is 6.33. The van der Waals surface area contributed by atoms with Gasteiger partial charge in [-0.05, 0) is 6.07 Å². The summed E-state index contributed by atoms with van der Waals surface area (Å²) in [5.41, 5.74) is 1.34. The Morgan fingerprint density at radius 1 is 1.12 bits per heavy atom. The number of nitrogens with zero attached hydrogens (tertiary/aromatic N) is 2.